The molecule has 2 nitrogen and oxygen atoms in total. The lowest BCUT2D eigenvalue weighted by Crippen LogP contribution is -2.29. The molecule has 0 aromatic heterocycles. The Morgan fingerprint density at radius 3 is 2.11 bits per heavy atom. The van der Waals surface area contributed by atoms with Crippen molar-refractivity contribution < 1.29 is 4.79 Å². The summed E-state index contributed by atoms with van der Waals surface area (Å²) < 4.78 is 0. The maximum absolute atomic E-state index is 10.5. The van der Waals surface area contributed by atoms with E-state index in [-0.39, 0.29) is 5.91 Å². The van der Waals surface area contributed by atoms with Crippen LogP contribution in [0.5, 0.6) is 0 Å². The first-order valence-corrected chi connectivity index (χ1v) is 2.74. The third-order valence-electron chi connectivity index (χ3n) is 1.05. The molecule has 2 N–H and O–H groups in total. The van der Waals surface area contributed by atoms with Crippen LogP contribution in [0.25, 0.3) is 0 Å². The molecular weight excluding hydrogens is 114 g/mol. The molecule has 0 unspecified atom stereocenters. The highest BCUT2D eigenvalue weighted by Crippen LogP contribution is 2.10. The molecule has 1 amide bonds. The number of primary amides is 1. The van der Waals surface area contributed by atoms with E-state index in [1.165, 1.54) is 0 Å². The average Bonchev–Trinajstić information content (AvgIpc) is 1.65. The van der Waals surface area contributed by atoms with Gasteiger partial charge in [0.1, 0.15) is 5.41 Å². The molecule has 0 rings (SSSR count). The molecule has 0 saturated carbocycles. The Kier molecular flexibility index (Phi) is 2.27. The fourth-order valence-corrected chi connectivity index (χ4v) is 0.374. The standard InChI is InChI=1S/C7H11NO/c1-4-5-7(2,3)6(8)9/h1-3H3,(H2,8,9). The van der Waals surface area contributed by atoms with Crippen molar-refractivity contribution in [2.24, 2.45) is 11.1 Å². The van der Waals surface area contributed by atoms with E-state index in [9.17, 15) is 4.79 Å². The first kappa shape index (κ1) is 8.03. The number of amides is 1. The molecule has 0 aromatic carbocycles. The molecule has 9 heavy (non-hydrogen) atoms. The van der Waals surface area contributed by atoms with E-state index in [0.29, 0.717) is 0 Å². The van der Waals surface area contributed by atoms with Crippen LogP contribution in [0.4, 0.5) is 0 Å². The maximum Gasteiger partial charge on any atom is 0.235 e. The molecule has 0 atom stereocenters. The minimum absolute atomic E-state index is 0.378. The van der Waals surface area contributed by atoms with Gasteiger partial charge >= 0.3 is 0 Å². The molecule has 0 fully saturated rings. The van der Waals surface area contributed by atoms with Crippen molar-refractivity contribution in [3.8, 4) is 11.8 Å². The summed E-state index contributed by atoms with van der Waals surface area (Å²) in [5.41, 5.74) is 4.34. The summed E-state index contributed by atoms with van der Waals surface area (Å²) in [5, 5.41) is 0. The van der Waals surface area contributed by atoms with Gasteiger partial charge in [-0.15, -0.1) is 5.92 Å². The highest BCUT2D eigenvalue weighted by Gasteiger charge is 2.20. The Bertz CT molecular complexity index is 171. The van der Waals surface area contributed by atoms with Gasteiger partial charge in [0.25, 0.3) is 0 Å². The molecule has 0 spiro atoms. The van der Waals surface area contributed by atoms with Crippen LogP contribution in [-0.4, -0.2) is 5.91 Å². The van der Waals surface area contributed by atoms with E-state index in [4.69, 9.17) is 5.73 Å². The number of carbonyl (C=O) groups excluding carboxylic acids is 1. The summed E-state index contributed by atoms with van der Waals surface area (Å²) >= 11 is 0. The second-order valence-electron chi connectivity index (χ2n) is 2.36. The molecule has 0 heterocycles. The summed E-state index contributed by atoms with van der Waals surface area (Å²) in [6, 6.07) is 0. The van der Waals surface area contributed by atoms with E-state index in [1.54, 1.807) is 20.8 Å². The van der Waals surface area contributed by atoms with Crippen LogP contribution in [0.15, 0.2) is 0 Å². The summed E-state index contributed by atoms with van der Waals surface area (Å²) in [5.74, 6) is 4.96. The van der Waals surface area contributed by atoms with Gasteiger partial charge in [-0.25, -0.2) is 0 Å². The van der Waals surface area contributed by atoms with Gasteiger partial charge in [0.05, 0.1) is 0 Å². The largest absolute Gasteiger partial charge is 0.368 e. The molecule has 2 heteroatoms. The molecule has 0 aromatic rings. The predicted octanol–water partition coefficient (Wildman–Crippen LogP) is 0.521. The van der Waals surface area contributed by atoms with E-state index in [2.05, 4.69) is 11.8 Å². The Balaban J connectivity index is 4.32. The summed E-state index contributed by atoms with van der Waals surface area (Å²) in [6.07, 6.45) is 0. The van der Waals surface area contributed by atoms with Crippen LogP contribution < -0.4 is 5.73 Å². The topological polar surface area (TPSA) is 43.1 Å². The van der Waals surface area contributed by atoms with Gasteiger partial charge in [-0.1, -0.05) is 5.92 Å². The van der Waals surface area contributed by atoms with Crippen molar-refractivity contribution in [2.45, 2.75) is 20.8 Å². The van der Waals surface area contributed by atoms with Gasteiger partial charge in [-0.3, -0.25) is 4.79 Å². The fourth-order valence-electron chi connectivity index (χ4n) is 0.374. The predicted molar refractivity (Wildman–Crippen MR) is 36.4 cm³/mol. The number of hydrogen-bond donors (Lipinski definition) is 1. The summed E-state index contributed by atoms with van der Waals surface area (Å²) in [6.45, 7) is 5.09. The number of hydrogen-bond acceptors (Lipinski definition) is 1. The monoisotopic (exact) mass is 125 g/mol. The highest BCUT2D eigenvalue weighted by molar-refractivity contribution is 5.83. The van der Waals surface area contributed by atoms with Crippen LogP contribution in [-0.2, 0) is 4.79 Å². The zero-order valence-electron chi connectivity index (χ0n) is 5.99. The van der Waals surface area contributed by atoms with Gasteiger partial charge in [-0.2, -0.15) is 0 Å². The maximum atomic E-state index is 10.5. The summed E-state index contributed by atoms with van der Waals surface area (Å²) in [7, 11) is 0. The lowest BCUT2D eigenvalue weighted by Gasteiger charge is -2.10. The van der Waals surface area contributed by atoms with Crippen LogP contribution in [0.2, 0.25) is 0 Å². The smallest absolute Gasteiger partial charge is 0.235 e. The molecule has 50 valence electrons. The van der Waals surface area contributed by atoms with Crippen LogP contribution in [0.3, 0.4) is 0 Å². The molecule has 0 aliphatic heterocycles. The first-order chi connectivity index (χ1) is 4.00. The SMILES string of the molecule is CC#CC(C)(C)C(N)=O. The lowest BCUT2D eigenvalue weighted by atomic mass is 9.94. The van der Waals surface area contributed by atoms with Gasteiger partial charge in [-0.05, 0) is 20.8 Å². The molecular formula is C7H11NO. The average molecular weight is 125 g/mol. The van der Waals surface area contributed by atoms with Gasteiger partial charge in [0.15, 0.2) is 0 Å². The first-order valence-electron chi connectivity index (χ1n) is 2.74. The van der Waals surface area contributed by atoms with Gasteiger partial charge < -0.3 is 5.73 Å². The number of carbonyl (C=O) groups is 1. The van der Waals surface area contributed by atoms with Crippen molar-refractivity contribution in [1.29, 1.82) is 0 Å². The minimum atomic E-state index is -0.672. The van der Waals surface area contributed by atoms with Crippen molar-refractivity contribution in [3.63, 3.8) is 0 Å². The minimum Gasteiger partial charge on any atom is -0.368 e. The zero-order valence-corrected chi connectivity index (χ0v) is 5.99. The van der Waals surface area contributed by atoms with Crippen LogP contribution in [0, 0.1) is 17.3 Å². The lowest BCUT2D eigenvalue weighted by molar-refractivity contribution is -0.123. The van der Waals surface area contributed by atoms with Crippen molar-refractivity contribution in [3.05, 3.63) is 0 Å². The highest BCUT2D eigenvalue weighted by atomic mass is 16.1. The number of nitrogens with two attached hydrogens (primary N) is 1. The van der Waals surface area contributed by atoms with Gasteiger partial charge in [0.2, 0.25) is 5.91 Å². The molecule has 0 radical (unpaired) electrons. The Morgan fingerprint density at radius 2 is 2.00 bits per heavy atom. The van der Waals surface area contributed by atoms with Crippen molar-refractivity contribution in [2.75, 3.05) is 0 Å². The molecule has 0 aliphatic carbocycles. The van der Waals surface area contributed by atoms with Crippen molar-refractivity contribution >= 4 is 5.91 Å². The molecule has 0 bridgehead atoms. The Morgan fingerprint density at radius 1 is 1.56 bits per heavy atom. The van der Waals surface area contributed by atoms with Crippen LogP contribution in [0.1, 0.15) is 20.8 Å². The third kappa shape index (κ3) is 2.18. The quantitative estimate of drug-likeness (QED) is 0.510. The van der Waals surface area contributed by atoms with Gasteiger partial charge in [0, 0.05) is 0 Å². The normalized spacial score (nSPS) is 9.67. The van der Waals surface area contributed by atoms with E-state index in [0.717, 1.165) is 0 Å². The van der Waals surface area contributed by atoms with E-state index in [1.807, 2.05) is 0 Å². The van der Waals surface area contributed by atoms with Crippen molar-refractivity contribution in [1.82, 2.24) is 0 Å². The second kappa shape index (κ2) is 2.54. The third-order valence-corrected chi connectivity index (χ3v) is 1.05. The Hall–Kier alpha value is -0.970. The zero-order chi connectivity index (χ0) is 7.49. The summed E-state index contributed by atoms with van der Waals surface area (Å²) in [4.78, 5) is 10.5. The van der Waals surface area contributed by atoms with E-state index < -0.39 is 5.41 Å². The fraction of sp³-hybridized carbons (Fsp3) is 0.571. The number of rotatable bonds is 1. The molecule has 0 saturated heterocycles. The Labute approximate surface area is 55.4 Å². The molecule has 0 aliphatic rings. The second-order valence-corrected chi connectivity index (χ2v) is 2.36. The van der Waals surface area contributed by atoms with Crippen LogP contribution >= 0.6 is 0 Å². The van der Waals surface area contributed by atoms with E-state index >= 15 is 0 Å².